The van der Waals surface area contributed by atoms with E-state index in [9.17, 15) is 18.0 Å². The number of fused-ring (bicyclic) bond motifs is 1. The van der Waals surface area contributed by atoms with E-state index in [4.69, 9.17) is 9.47 Å². The van der Waals surface area contributed by atoms with Crippen molar-refractivity contribution in [3.05, 3.63) is 52.8 Å². The van der Waals surface area contributed by atoms with Crippen LogP contribution in [0.2, 0.25) is 0 Å². The van der Waals surface area contributed by atoms with Gasteiger partial charge in [-0.1, -0.05) is 0 Å². The number of urea groups is 1. The predicted molar refractivity (Wildman–Crippen MR) is 118 cm³/mol. The highest BCUT2D eigenvalue weighted by atomic mass is 19.3. The number of alkyl halides is 2. The van der Waals surface area contributed by atoms with Gasteiger partial charge in [-0.2, -0.15) is 5.10 Å². The van der Waals surface area contributed by atoms with Crippen LogP contribution in [0.3, 0.4) is 0 Å². The Kier molecular flexibility index (Phi) is 5.85. The summed E-state index contributed by atoms with van der Waals surface area (Å²) in [4.78, 5) is 13.8. The third-order valence-corrected chi connectivity index (χ3v) is 5.83. The molecule has 2 aliphatic heterocycles. The summed E-state index contributed by atoms with van der Waals surface area (Å²) in [6.45, 7) is 0.756. The summed E-state index contributed by atoms with van der Waals surface area (Å²) in [5.74, 6) is -2.45. The summed E-state index contributed by atoms with van der Waals surface area (Å²) in [5, 5.41) is 8.54. The van der Waals surface area contributed by atoms with Gasteiger partial charge in [0.1, 0.15) is 5.82 Å². The molecule has 0 spiro atoms. The SMILES string of the molecule is CNC(=O)N1N=C(c2ccc(F)c(N3CC(F)(F)C3)c2)c2cc(OC)c(OC)cc2CC1C. The van der Waals surface area contributed by atoms with Crippen LogP contribution in [0.1, 0.15) is 23.6 Å². The summed E-state index contributed by atoms with van der Waals surface area (Å²) in [6, 6.07) is 7.12. The zero-order valence-electron chi connectivity index (χ0n) is 18.8. The van der Waals surface area contributed by atoms with E-state index in [-0.39, 0.29) is 11.7 Å². The molecule has 0 aromatic heterocycles. The minimum absolute atomic E-state index is 0.0620. The van der Waals surface area contributed by atoms with Crippen molar-refractivity contribution in [2.75, 3.05) is 39.3 Å². The number of methoxy groups -OCH3 is 2. The van der Waals surface area contributed by atoms with Crippen LogP contribution < -0.4 is 19.7 Å². The lowest BCUT2D eigenvalue weighted by Crippen LogP contribution is -2.56. The number of carbonyl (C=O) groups excluding carboxylic acids is 1. The van der Waals surface area contributed by atoms with E-state index < -0.39 is 30.9 Å². The number of hydrazone groups is 1. The molecule has 10 heteroatoms. The first-order valence-electron chi connectivity index (χ1n) is 10.4. The van der Waals surface area contributed by atoms with E-state index in [2.05, 4.69) is 10.4 Å². The number of nitrogens with one attached hydrogen (secondary N) is 1. The van der Waals surface area contributed by atoms with Gasteiger partial charge in [0.25, 0.3) is 5.92 Å². The number of rotatable bonds is 4. The minimum atomic E-state index is -2.84. The Hall–Kier alpha value is -3.43. The van der Waals surface area contributed by atoms with Crippen LogP contribution in [0, 0.1) is 5.82 Å². The molecule has 4 rings (SSSR count). The van der Waals surface area contributed by atoms with Crippen LogP contribution in [0.25, 0.3) is 0 Å². The second-order valence-electron chi connectivity index (χ2n) is 8.14. The van der Waals surface area contributed by atoms with Crippen LogP contribution >= 0.6 is 0 Å². The van der Waals surface area contributed by atoms with Gasteiger partial charge >= 0.3 is 6.03 Å². The monoisotopic (exact) mass is 462 g/mol. The average molecular weight is 462 g/mol. The van der Waals surface area contributed by atoms with Crippen LogP contribution in [-0.2, 0) is 6.42 Å². The normalized spacial score (nSPS) is 19.1. The number of anilines is 1. The van der Waals surface area contributed by atoms with Gasteiger partial charge < -0.3 is 19.7 Å². The number of hydrogen-bond acceptors (Lipinski definition) is 5. The molecule has 1 fully saturated rings. The minimum Gasteiger partial charge on any atom is -0.493 e. The number of carbonyl (C=O) groups is 1. The van der Waals surface area contributed by atoms with Gasteiger partial charge in [-0.05, 0) is 49.2 Å². The maximum absolute atomic E-state index is 14.5. The molecule has 33 heavy (non-hydrogen) atoms. The summed E-state index contributed by atoms with van der Waals surface area (Å²) in [5.41, 5.74) is 2.47. The molecule has 2 amide bonds. The average Bonchev–Trinajstić information content (AvgIpc) is 2.91. The van der Waals surface area contributed by atoms with Crippen LogP contribution in [0.15, 0.2) is 35.4 Å². The Bertz CT molecular complexity index is 1110. The van der Waals surface area contributed by atoms with Gasteiger partial charge in [0, 0.05) is 18.2 Å². The smallest absolute Gasteiger partial charge is 0.337 e. The van der Waals surface area contributed by atoms with Crippen molar-refractivity contribution < 1.29 is 27.4 Å². The van der Waals surface area contributed by atoms with Gasteiger partial charge in [-0.25, -0.2) is 23.0 Å². The number of halogens is 3. The standard InChI is InChI=1S/C23H25F3N4O3/c1-13-7-15-9-19(32-3)20(33-4)10-16(15)21(28-30(13)22(31)27-2)14-5-6-17(24)18(8-14)29-11-23(25,26)12-29/h5-6,8-10,13H,7,11-12H2,1-4H3,(H,27,31). The van der Waals surface area contributed by atoms with Crippen molar-refractivity contribution >= 4 is 17.4 Å². The number of hydrogen-bond donors (Lipinski definition) is 1. The second-order valence-corrected chi connectivity index (χ2v) is 8.14. The van der Waals surface area contributed by atoms with Crippen LogP contribution in [0.5, 0.6) is 11.5 Å². The Labute approximate surface area is 189 Å². The maximum atomic E-state index is 14.5. The van der Waals surface area contributed by atoms with Crippen molar-refractivity contribution in [3.8, 4) is 11.5 Å². The summed E-state index contributed by atoms with van der Waals surface area (Å²) < 4.78 is 52.3. The van der Waals surface area contributed by atoms with Gasteiger partial charge in [-0.3, -0.25) is 0 Å². The fraction of sp³-hybridized carbons (Fsp3) is 0.391. The van der Waals surface area contributed by atoms with Gasteiger partial charge in [0.05, 0.1) is 44.8 Å². The lowest BCUT2D eigenvalue weighted by atomic mass is 9.93. The quantitative estimate of drug-likeness (QED) is 0.754. The Balaban J connectivity index is 1.88. The second kappa shape index (κ2) is 8.49. The lowest BCUT2D eigenvalue weighted by molar-refractivity contribution is -0.0265. The van der Waals surface area contributed by atoms with E-state index >= 15 is 0 Å². The highest BCUT2D eigenvalue weighted by Gasteiger charge is 2.45. The molecular formula is C23H25F3N4O3. The van der Waals surface area contributed by atoms with Crippen LogP contribution in [-0.4, -0.2) is 63.1 Å². The molecule has 1 N–H and O–H groups in total. The van der Waals surface area contributed by atoms with Gasteiger partial charge in [0.15, 0.2) is 11.5 Å². The summed E-state index contributed by atoms with van der Waals surface area (Å²) in [6.07, 6.45) is 0.475. The zero-order chi connectivity index (χ0) is 23.9. The molecule has 0 aliphatic carbocycles. The first-order chi connectivity index (χ1) is 15.7. The number of nitrogens with zero attached hydrogens (tertiary/aromatic N) is 3. The van der Waals surface area contributed by atoms with Crippen molar-refractivity contribution in [2.24, 2.45) is 5.10 Å². The van der Waals surface area contributed by atoms with E-state index in [0.29, 0.717) is 34.8 Å². The molecule has 0 saturated carbocycles. The Morgan fingerprint density at radius 1 is 1.15 bits per heavy atom. The fourth-order valence-electron chi connectivity index (χ4n) is 4.13. The lowest BCUT2D eigenvalue weighted by Gasteiger charge is -2.40. The Morgan fingerprint density at radius 2 is 1.82 bits per heavy atom. The Morgan fingerprint density at radius 3 is 2.42 bits per heavy atom. The van der Waals surface area contributed by atoms with Crippen molar-refractivity contribution in [1.82, 2.24) is 10.3 Å². The molecule has 0 radical (unpaired) electrons. The summed E-state index contributed by atoms with van der Waals surface area (Å²) in [7, 11) is 4.55. The maximum Gasteiger partial charge on any atom is 0.337 e. The van der Waals surface area contributed by atoms with Crippen molar-refractivity contribution in [1.29, 1.82) is 0 Å². The number of ether oxygens (including phenoxy) is 2. The van der Waals surface area contributed by atoms with Crippen molar-refractivity contribution in [2.45, 2.75) is 25.3 Å². The highest BCUT2D eigenvalue weighted by molar-refractivity contribution is 6.15. The van der Waals surface area contributed by atoms with Gasteiger partial charge in [-0.15, -0.1) is 0 Å². The van der Waals surface area contributed by atoms with E-state index in [0.717, 1.165) is 5.56 Å². The molecular weight excluding hydrogens is 437 g/mol. The van der Waals surface area contributed by atoms with Crippen LogP contribution in [0.4, 0.5) is 23.7 Å². The highest BCUT2D eigenvalue weighted by Crippen LogP contribution is 2.37. The zero-order valence-corrected chi connectivity index (χ0v) is 18.8. The molecule has 1 saturated heterocycles. The molecule has 176 valence electrons. The first-order valence-corrected chi connectivity index (χ1v) is 10.4. The first kappa shape index (κ1) is 22.8. The fourth-order valence-corrected chi connectivity index (χ4v) is 4.13. The van der Waals surface area contributed by atoms with Gasteiger partial charge in [0.2, 0.25) is 0 Å². The largest absolute Gasteiger partial charge is 0.493 e. The molecule has 2 heterocycles. The third kappa shape index (κ3) is 4.17. The third-order valence-electron chi connectivity index (χ3n) is 5.83. The molecule has 2 aliphatic rings. The van der Waals surface area contributed by atoms with E-state index in [1.165, 1.54) is 49.4 Å². The predicted octanol–water partition coefficient (Wildman–Crippen LogP) is 3.64. The van der Waals surface area contributed by atoms with E-state index in [1.807, 2.05) is 13.0 Å². The molecule has 1 unspecified atom stereocenters. The van der Waals surface area contributed by atoms with E-state index in [1.54, 1.807) is 6.07 Å². The molecule has 2 aromatic rings. The molecule has 0 bridgehead atoms. The molecule has 7 nitrogen and oxygen atoms in total. The number of amides is 2. The molecule has 2 aromatic carbocycles. The topological polar surface area (TPSA) is 66.4 Å². The molecule has 1 atom stereocenters. The number of benzene rings is 2. The van der Waals surface area contributed by atoms with Crippen molar-refractivity contribution in [3.63, 3.8) is 0 Å². The summed E-state index contributed by atoms with van der Waals surface area (Å²) >= 11 is 0.